The van der Waals surface area contributed by atoms with Gasteiger partial charge in [-0.15, -0.1) is 0 Å². The normalized spacial score (nSPS) is 27.0. The van der Waals surface area contributed by atoms with Gasteiger partial charge in [-0.25, -0.2) is 0 Å². The fourth-order valence-electron chi connectivity index (χ4n) is 2.17. The zero-order valence-corrected chi connectivity index (χ0v) is 12.1. The Morgan fingerprint density at radius 2 is 2.06 bits per heavy atom. The summed E-state index contributed by atoms with van der Waals surface area (Å²) in [6, 6.07) is 0. The molecule has 94 valence electrons. The van der Waals surface area contributed by atoms with E-state index < -0.39 is 0 Å². The highest BCUT2D eigenvalue weighted by Gasteiger charge is 2.35. The highest BCUT2D eigenvalue weighted by Crippen LogP contribution is 2.40. The fourth-order valence-corrected chi connectivity index (χ4v) is 3.09. The van der Waals surface area contributed by atoms with Crippen LogP contribution in [0.15, 0.2) is 33.7 Å². The lowest BCUT2D eigenvalue weighted by Crippen LogP contribution is -2.36. The van der Waals surface area contributed by atoms with Crippen molar-refractivity contribution in [1.82, 2.24) is 0 Å². The average Bonchev–Trinajstić information content (AvgIpc) is 2.26. The van der Waals surface area contributed by atoms with E-state index >= 15 is 0 Å². The van der Waals surface area contributed by atoms with Crippen molar-refractivity contribution in [3.63, 3.8) is 0 Å². The number of allylic oxidation sites excluding steroid dienone is 1. The van der Waals surface area contributed by atoms with Crippen LogP contribution in [0, 0.1) is 0 Å². The Bertz CT molecular complexity index is 418. The molecule has 4 heteroatoms. The highest BCUT2D eigenvalue weighted by atomic mass is 79.9. The van der Waals surface area contributed by atoms with Crippen molar-refractivity contribution in [2.45, 2.75) is 32.0 Å². The largest absolute Gasteiger partial charge is 0.497 e. The van der Waals surface area contributed by atoms with Gasteiger partial charge in [0.2, 0.25) is 0 Å². The Kier molecular flexibility index (Phi) is 3.36. The van der Waals surface area contributed by atoms with Gasteiger partial charge in [0, 0.05) is 10.9 Å². The molecule has 0 radical (unpaired) electrons. The first-order valence-electron chi connectivity index (χ1n) is 5.56. The molecule has 1 aliphatic carbocycles. The van der Waals surface area contributed by atoms with E-state index in [0.29, 0.717) is 6.42 Å². The smallest absolute Gasteiger partial charge is 0.156 e. The van der Waals surface area contributed by atoms with E-state index in [1.807, 2.05) is 19.9 Å². The second-order valence-corrected chi connectivity index (χ2v) is 5.56. The van der Waals surface area contributed by atoms with Crippen LogP contribution >= 0.6 is 15.9 Å². The van der Waals surface area contributed by atoms with E-state index in [0.717, 1.165) is 21.6 Å². The molecule has 17 heavy (non-hydrogen) atoms. The number of hydrogen-bond donors (Lipinski definition) is 0. The lowest BCUT2D eigenvalue weighted by Gasteiger charge is -2.37. The number of ether oxygens (including phenoxy) is 3. The van der Waals surface area contributed by atoms with Gasteiger partial charge in [0.1, 0.15) is 5.76 Å². The number of fused-ring (bicyclic) bond motifs is 1. The minimum Gasteiger partial charge on any atom is -0.497 e. The molecule has 2 aliphatic rings. The molecule has 0 amide bonds. The maximum Gasteiger partial charge on any atom is 0.156 e. The molecular formula is C13H17BrO3. The molecule has 0 saturated heterocycles. The Hall–Kier alpha value is -0.740. The first-order chi connectivity index (χ1) is 7.96. The minimum atomic E-state index is -0.260. The molecule has 1 heterocycles. The van der Waals surface area contributed by atoms with Gasteiger partial charge in [-0.05, 0) is 31.6 Å². The molecule has 0 spiro atoms. The van der Waals surface area contributed by atoms with E-state index in [4.69, 9.17) is 14.2 Å². The zero-order valence-electron chi connectivity index (χ0n) is 10.5. The Labute approximate surface area is 110 Å². The summed E-state index contributed by atoms with van der Waals surface area (Å²) in [7, 11) is 3.31. The van der Waals surface area contributed by atoms with Crippen LogP contribution in [-0.2, 0) is 14.2 Å². The highest BCUT2D eigenvalue weighted by molar-refractivity contribution is 9.12. The molecule has 0 saturated carbocycles. The molecule has 3 nitrogen and oxygen atoms in total. The topological polar surface area (TPSA) is 27.7 Å². The van der Waals surface area contributed by atoms with E-state index in [1.165, 1.54) is 0 Å². The zero-order chi connectivity index (χ0) is 12.6. The Balaban J connectivity index is 2.40. The van der Waals surface area contributed by atoms with Crippen LogP contribution in [0.25, 0.3) is 0 Å². The summed E-state index contributed by atoms with van der Waals surface area (Å²) >= 11 is 3.60. The van der Waals surface area contributed by atoms with Crippen molar-refractivity contribution in [2.24, 2.45) is 0 Å². The van der Waals surface area contributed by atoms with Crippen LogP contribution in [-0.4, -0.2) is 25.9 Å². The lowest BCUT2D eigenvalue weighted by molar-refractivity contribution is -0.0351. The Morgan fingerprint density at radius 1 is 1.35 bits per heavy atom. The minimum absolute atomic E-state index is 0.0261. The third kappa shape index (κ3) is 2.43. The van der Waals surface area contributed by atoms with Crippen LogP contribution < -0.4 is 0 Å². The number of methoxy groups -OCH3 is 2. The second kappa shape index (κ2) is 4.50. The number of hydrogen-bond acceptors (Lipinski definition) is 3. The lowest BCUT2D eigenvalue weighted by atomic mass is 9.92. The van der Waals surface area contributed by atoms with Gasteiger partial charge in [0.25, 0.3) is 0 Å². The summed E-state index contributed by atoms with van der Waals surface area (Å²) in [5.41, 5.74) is 0.853. The maximum atomic E-state index is 6.03. The van der Waals surface area contributed by atoms with E-state index in [2.05, 4.69) is 22.0 Å². The molecule has 1 atom stereocenters. The van der Waals surface area contributed by atoms with Gasteiger partial charge in [-0.3, -0.25) is 0 Å². The van der Waals surface area contributed by atoms with Gasteiger partial charge in [0.05, 0.1) is 25.9 Å². The quantitative estimate of drug-likeness (QED) is 0.783. The maximum absolute atomic E-state index is 6.03. The molecule has 0 bridgehead atoms. The van der Waals surface area contributed by atoms with E-state index in [1.54, 1.807) is 14.2 Å². The summed E-state index contributed by atoms with van der Waals surface area (Å²) in [6.07, 6.45) is 4.78. The molecule has 0 aromatic carbocycles. The summed E-state index contributed by atoms with van der Waals surface area (Å²) in [5.74, 6) is 1.60. The van der Waals surface area contributed by atoms with Crippen molar-refractivity contribution >= 4 is 15.9 Å². The summed E-state index contributed by atoms with van der Waals surface area (Å²) in [5, 5.41) is 0. The van der Waals surface area contributed by atoms with Gasteiger partial charge in [-0.1, -0.05) is 15.9 Å². The molecule has 0 fully saturated rings. The predicted molar refractivity (Wildman–Crippen MR) is 69.7 cm³/mol. The first kappa shape index (κ1) is 12.7. The summed E-state index contributed by atoms with van der Waals surface area (Å²) in [6.45, 7) is 4.10. The van der Waals surface area contributed by atoms with Gasteiger partial charge in [0.15, 0.2) is 5.76 Å². The van der Waals surface area contributed by atoms with Crippen LogP contribution in [0.2, 0.25) is 0 Å². The van der Waals surface area contributed by atoms with Gasteiger partial charge >= 0.3 is 0 Å². The SMILES string of the molecule is COC1=C(OC)CC2OC(C)(C)C=C(Br)C2=C1. The average molecular weight is 301 g/mol. The van der Waals surface area contributed by atoms with Crippen molar-refractivity contribution in [2.75, 3.05) is 14.2 Å². The van der Waals surface area contributed by atoms with Crippen molar-refractivity contribution in [3.8, 4) is 0 Å². The number of halogens is 1. The van der Waals surface area contributed by atoms with E-state index in [-0.39, 0.29) is 11.7 Å². The Morgan fingerprint density at radius 3 is 2.65 bits per heavy atom. The van der Waals surface area contributed by atoms with Gasteiger partial charge < -0.3 is 14.2 Å². The number of rotatable bonds is 2. The summed E-state index contributed by atoms with van der Waals surface area (Å²) < 4.78 is 17.8. The molecule has 0 aromatic heterocycles. The molecule has 0 N–H and O–H groups in total. The van der Waals surface area contributed by atoms with Crippen molar-refractivity contribution in [1.29, 1.82) is 0 Å². The van der Waals surface area contributed by atoms with Crippen LogP contribution in [0.1, 0.15) is 20.3 Å². The molecule has 1 aliphatic heterocycles. The van der Waals surface area contributed by atoms with Crippen molar-refractivity contribution in [3.05, 3.63) is 33.7 Å². The van der Waals surface area contributed by atoms with Gasteiger partial charge in [-0.2, -0.15) is 0 Å². The molecule has 1 unspecified atom stereocenters. The second-order valence-electron chi connectivity index (χ2n) is 4.70. The first-order valence-corrected chi connectivity index (χ1v) is 6.35. The van der Waals surface area contributed by atoms with Crippen LogP contribution in [0.4, 0.5) is 0 Å². The van der Waals surface area contributed by atoms with Crippen molar-refractivity contribution < 1.29 is 14.2 Å². The van der Waals surface area contributed by atoms with Crippen LogP contribution in [0.3, 0.4) is 0 Å². The predicted octanol–water partition coefficient (Wildman–Crippen LogP) is 3.28. The third-order valence-corrected chi connectivity index (χ3v) is 3.63. The monoisotopic (exact) mass is 300 g/mol. The molecule has 0 aromatic rings. The fraction of sp³-hybridized carbons (Fsp3) is 0.538. The molecular weight excluding hydrogens is 284 g/mol. The standard InChI is InChI=1S/C13H17BrO3/c1-13(2)7-9(14)8-5-11(15-3)12(16-4)6-10(8)17-13/h5,7,10H,6H2,1-4H3. The summed E-state index contributed by atoms with van der Waals surface area (Å²) in [4.78, 5) is 0. The van der Waals surface area contributed by atoms with Crippen LogP contribution in [0.5, 0.6) is 0 Å². The third-order valence-electron chi connectivity index (χ3n) is 2.94. The van der Waals surface area contributed by atoms with E-state index in [9.17, 15) is 0 Å². The molecule has 2 rings (SSSR count).